The van der Waals surface area contributed by atoms with Gasteiger partial charge >= 0.3 is 12.0 Å². The number of halogens is 2. The number of aromatic nitrogens is 1. The molecule has 3 N–H and O–H groups in total. The Hall–Kier alpha value is -3.55. The molecule has 1 aliphatic carbocycles. The molecule has 2 aliphatic rings. The highest BCUT2D eigenvalue weighted by molar-refractivity contribution is 5.93. The van der Waals surface area contributed by atoms with Crippen molar-refractivity contribution in [1.29, 1.82) is 0 Å². The summed E-state index contributed by atoms with van der Waals surface area (Å²) in [5.74, 6) is -1.51. The van der Waals surface area contributed by atoms with E-state index < -0.39 is 23.6 Å². The predicted molar refractivity (Wildman–Crippen MR) is 102 cm³/mol. The van der Waals surface area contributed by atoms with E-state index in [4.69, 9.17) is 4.42 Å². The molecule has 0 bridgehead atoms. The number of oxazole rings is 1. The summed E-state index contributed by atoms with van der Waals surface area (Å²) in [6.45, 7) is 0. The van der Waals surface area contributed by atoms with E-state index in [1.54, 1.807) is 6.07 Å². The molecule has 8 heteroatoms. The number of carbonyl (C=O) groups is 1. The molecule has 0 radical (unpaired) electrons. The molecule has 146 valence electrons. The minimum absolute atomic E-state index is 0.0121. The molecule has 0 saturated carbocycles. The van der Waals surface area contributed by atoms with Crippen molar-refractivity contribution in [3.05, 3.63) is 71.4 Å². The van der Waals surface area contributed by atoms with Crippen LogP contribution in [0.5, 0.6) is 0 Å². The number of anilines is 1. The minimum atomic E-state index is -0.692. The molecule has 2 aromatic carbocycles. The molecule has 0 fully saturated rings. The van der Waals surface area contributed by atoms with E-state index in [2.05, 4.69) is 20.6 Å². The van der Waals surface area contributed by atoms with Gasteiger partial charge in [-0.3, -0.25) is 9.79 Å². The van der Waals surface area contributed by atoms with Crippen LogP contribution in [0.3, 0.4) is 0 Å². The van der Waals surface area contributed by atoms with Crippen LogP contribution in [0.2, 0.25) is 0 Å². The van der Waals surface area contributed by atoms with Gasteiger partial charge in [0.1, 0.15) is 34.9 Å². The monoisotopic (exact) mass is 395 g/mol. The number of hydrogen-bond donors (Lipinski definition) is 3. The Bertz CT molecular complexity index is 1130. The van der Waals surface area contributed by atoms with Gasteiger partial charge in [0.15, 0.2) is 5.58 Å². The van der Waals surface area contributed by atoms with E-state index in [1.807, 2.05) is 24.3 Å². The average Bonchev–Trinajstić information content (AvgIpc) is 3.09. The van der Waals surface area contributed by atoms with E-state index in [0.717, 1.165) is 6.07 Å². The van der Waals surface area contributed by atoms with E-state index >= 15 is 0 Å². The molecule has 6 nitrogen and oxygen atoms in total. The zero-order chi connectivity index (χ0) is 20.0. The summed E-state index contributed by atoms with van der Waals surface area (Å²) in [7, 11) is 0. The molecule has 0 spiro atoms. The fourth-order valence-corrected chi connectivity index (χ4v) is 3.87. The van der Waals surface area contributed by atoms with Gasteiger partial charge in [-0.1, -0.05) is 12.1 Å². The molecule has 1 aromatic heterocycles. The number of benzene rings is 2. The summed E-state index contributed by atoms with van der Waals surface area (Å²) in [5.41, 5.74) is 2.36. The third kappa shape index (κ3) is 3.26. The lowest BCUT2D eigenvalue weighted by Gasteiger charge is -2.30. The van der Waals surface area contributed by atoms with E-state index in [-0.39, 0.29) is 11.8 Å². The first-order chi connectivity index (χ1) is 14.1. The zero-order valence-corrected chi connectivity index (χ0v) is 15.2. The van der Waals surface area contributed by atoms with Gasteiger partial charge in [-0.15, -0.1) is 0 Å². The van der Waals surface area contributed by atoms with Crippen LogP contribution >= 0.6 is 0 Å². The predicted octanol–water partition coefficient (Wildman–Crippen LogP) is 2.16. The van der Waals surface area contributed by atoms with Crippen LogP contribution in [-0.2, 0) is 4.79 Å². The van der Waals surface area contributed by atoms with Gasteiger partial charge < -0.3 is 4.42 Å². The van der Waals surface area contributed by atoms with E-state index in [9.17, 15) is 13.6 Å². The topological polar surface area (TPSA) is 81.1 Å². The number of fused-ring (bicyclic) bond motifs is 2. The number of ketones is 1. The van der Waals surface area contributed by atoms with Gasteiger partial charge in [0, 0.05) is 12.5 Å². The number of rotatable bonds is 2. The summed E-state index contributed by atoms with van der Waals surface area (Å²) in [6, 6.07) is 10.2. The van der Waals surface area contributed by atoms with Gasteiger partial charge in [0.05, 0.1) is 5.70 Å². The molecule has 0 amide bonds. The molecular weight excluding hydrogens is 378 g/mol. The SMILES string of the molecule is O=C1CCC=C2NC(Nc3nc4ccccc4o3)=[NH+][C@@H](c3cc(F)cc(F)c3)[C@H]12. The Labute approximate surface area is 164 Å². The quantitative estimate of drug-likeness (QED) is 0.620. The molecule has 2 atom stereocenters. The molecule has 0 unspecified atom stereocenters. The van der Waals surface area contributed by atoms with Gasteiger partial charge in [0.2, 0.25) is 0 Å². The summed E-state index contributed by atoms with van der Waals surface area (Å²) >= 11 is 0. The van der Waals surface area contributed by atoms with Crippen LogP contribution in [0, 0.1) is 17.6 Å². The maximum atomic E-state index is 13.8. The van der Waals surface area contributed by atoms with Crippen LogP contribution < -0.4 is 15.6 Å². The summed E-state index contributed by atoms with van der Waals surface area (Å²) < 4.78 is 33.3. The van der Waals surface area contributed by atoms with Crippen LogP contribution in [-0.4, -0.2) is 16.7 Å². The van der Waals surface area contributed by atoms with Crippen molar-refractivity contribution in [2.24, 2.45) is 5.92 Å². The van der Waals surface area contributed by atoms with Crippen molar-refractivity contribution in [2.75, 3.05) is 5.32 Å². The Morgan fingerprint density at radius 2 is 1.97 bits per heavy atom. The third-order valence-electron chi connectivity index (χ3n) is 5.11. The first-order valence-corrected chi connectivity index (χ1v) is 9.29. The highest BCUT2D eigenvalue weighted by Crippen LogP contribution is 2.31. The number of Topliss-reactive ketones (excluding diaryl/α,β-unsaturated/α-hetero) is 1. The first kappa shape index (κ1) is 17.5. The highest BCUT2D eigenvalue weighted by atomic mass is 19.1. The van der Waals surface area contributed by atoms with E-state index in [0.29, 0.717) is 41.2 Å². The van der Waals surface area contributed by atoms with Crippen molar-refractivity contribution in [2.45, 2.75) is 18.9 Å². The summed E-state index contributed by atoms with van der Waals surface area (Å²) in [5, 5.41) is 6.18. The van der Waals surface area contributed by atoms with Crippen LogP contribution in [0.4, 0.5) is 14.8 Å². The molecule has 0 saturated heterocycles. The number of nitrogens with one attached hydrogen (secondary N) is 3. The Kier molecular flexibility index (Phi) is 4.12. The number of hydrogen-bond acceptors (Lipinski definition) is 5. The fraction of sp³-hybridized carbons (Fsp3) is 0.190. The van der Waals surface area contributed by atoms with Gasteiger partial charge in [0.25, 0.3) is 0 Å². The number of guanidine groups is 1. The third-order valence-corrected chi connectivity index (χ3v) is 5.11. The molecule has 2 heterocycles. The Morgan fingerprint density at radius 1 is 1.17 bits per heavy atom. The highest BCUT2D eigenvalue weighted by Gasteiger charge is 2.41. The lowest BCUT2D eigenvalue weighted by molar-refractivity contribution is -0.522. The van der Waals surface area contributed by atoms with Crippen molar-refractivity contribution in [3.63, 3.8) is 0 Å². The fourth-order valence-electron chi connectivity index (χ4n) is 3.87. The molecule has 5 rings (SSSR count). The molecular formula is C21H17F2N4O2+. The average molecular weight is 395 g/mol. The van der Waals surface area contributed by atoms with Crippen molar-refractivity contribution >= 4 is 28.9 Å². The number of allylic oxidation sites excluding steroid dienone is 1. The Morgan fingerprint density at radius 3 is 2.76 bits per heavy atom. The number of nitrogens with zero attached hydrogens (tertiary/aromatic N) is 1. The standard InChI is InChI=1S/C21H16F2N4O2/c22-12-8-11(9-13(23)10-12)19-18-15(5-3-6-16(18)28)24-20(26-19)27-21-25-14-4-1-2-7-17(14)29-21/h1-2,4-5,7-10,18-19H,3,6H2,(H2,24,25,26,27)/p+1/t18-,19-/m0/s1. The number of carbonyl (C=O) groups excluding carboxylic acids is 1. The first-order valence-electron chi connectivity index (χ1n) is 9.29. The van der Waals surface area contributed by atoms with Gasteiger partial charge in [-0.2, -0.15) is 10.3 Å². The second-order valence-electron chi connectivity index (χ2n) is 7.08. The van der Waals surface area contributed by atoms with Crippen molar-refractivity contribution < 1.29 is 23.0 Å². The number of para-hydroxylation sites is 2. The summed E-state index contributed by atoms with van der Waals surface area (Å²) in [6.07, 6.45) is 2.93. The second-order valence-corrected chi connectivity index (χ2v) is 7.08. The molecule has 1 aliphatic heterocycles. The van der Waals surface area contributed by atoms with Gasteiger partial charge in [-0.25, -0.2) is 14.1 Å². The Balaban J connectivity index is 1.55. The summed E-state index contributed by atoms with van der Waals surface area (Å²) in [4.78, 5) is 20.1. The smallest absolute Gasteiger partial charge is 0.365 e. The van der Waals surface area contributed by atoms with Crippen molar-refractivity contribution in [1.82, 2.24) is 10.3 Å². The van der Waals surface area contributed by atoms with Crippen LogP contribution in [0.15, 0.2) is 58.7 Å². The molecule has 29 heavy (non-hydrogen) atoms. The van der Waals surface area contributed by atoms with Gasteiger partial charge in [-0.05, 0) is 42.3 Å². The normalized spacial score (nSPS) is 21.2. The second kappa shape index (κ2) is 6.80. The van der Waals surface area contributed by atoms with Crippen molar-refractivity contribution in [3.8, 4) is 0 Å². The minimum Gasteiger partial charge on any atom is -0.412 e. The van der Waals surface area contributed by atoms with E-state index in [1.165, 1.54) is 12.1 Å². The maximum absolute atomic E-state index is 13.8. The van der Waals surface area contributed by atoms with Crippen LogP contribution in [0.1, 0.15) is 24.4 Å². The largest absolute Gasteiger partial charge is 0.412 e. The zero-order valence-electron chi connectivity index (χ0n) is 15.2. The maximum Gasteiger partial charge on any atom is 0.365 e. The molecule has 3 aromatic rings. The van der Waals surface area contributed by atoms with Crippen LogP contribution in [0.25, 0.3) is 11.1 Å². The lowest BCUT2D eigenvalue weighted by Crippen LogP contribution is -2.84. The lowest BCUT2D eigenvalue weighted by atomic mass is 9.81.